The number of carbonyl (C=O) groups is 1. The lowest BCUT2D eigenvalue weighted by Crippen LogP contribution is -2.14. The summed E-state index contributed by atoms with van der Waals surface area (Å²) in [6.07, 6.45) is -1.69. The van der Waals surface area contributed by atoms with Crippen LogP contribution in [0.15, 0.2) is 49.3 Å². The van der Waals surface area contributed by atoms with Gasteiger partial charge in [0.2, 0.25) is 17.7 Å². The number of benzene rings is 1. The molecule has 1 aromatic carbocycles. The third kappa shape index (κ3) is 5.47. The van der Waals surface area contributed by atoms with Crippen LogP contribution in [-0.2, 0) is 11.0 Å². The van der Waals surface area contributed by atoms with E-state index in [0.29, 0.717) is 11.9 Å². The summed E-state index contributed by atoms with van der Waals surface area (Å²) in [6, 6.07) is 6.28. The summed E-state index contributed by atoms with van der Waals surface area (Å²) in [4.78, 5) is 19.5. The molecule has 0 aliphatic heterocycles. The molecule has 0 saturated carbocycles. The predicted octanol–water partition coefficient (Wildman–Crippen LogP) is 4.21. The van der Waals surface area contributed by atoms with Gasteiger partial charge in [0, 0.05) is 12.3 Å². The predicted molar refractivity (Wildman–Crippen MR) is 112 cm³/mol. The third-order valence-electron chi connectivity index (χ3n) is 4.06. The highest BCUT2D eigenvalue weighted by Gasteiger charge is 2.35. The molecule has 0 atom stereocenters. The van der Waals surface area contributed by atoms with Crippen molar-refractivity contribution >= 4 is 34.7 Å². The number of anilines is 5. The molecule has 0 saturated heterocycles. The van der Waals surface area contributed by atoms with Crippen LogP contribution in [0.4, 0.5) is 42.0 Å². The minimum Gasteiger partial charge on any atom is -0.480 e. The van der Waals surface area contributed by atoms with E-state index in [1.807, 2.05) is 0 Å². The molecule has 1 amide bonds. The van der Waals surface area contributed by atoms with Crippen molar-refractivity contribution in [1.82, 2.24) is 20.2 Å². The van der Waals surface area contributed by atoms with Crippen LogP contribution in [-0.4, -0.2) is 33.2 Å². The lowest BCUT2D eigenvalue weighted by atomic mass is 10.1. The number of carbonyl (C=O) groups excluding carboxylic acids is 1. The van der Waals surface area contributed by atoms with Crippen molar-refractivity contribution in [3.05, 3.63) is 60.4 Å². The number of ether oxygens (including phenoxy) is 1. The fourth-order valence-corrected chi connectivity index (χ4v) is 2.57. The van der Waals surface area contributed by atoms with Gasteiger partial charge in [0.05, 0.1) is 30.4 Å². The summed E-state index contributed by atoms with van der Waals surface area (Å²) in [7, 11) is 1.40. The SMILES string of the molecule is C=CC(=O)Nc1cc(C)ccc1Nc1nc(Nc2cnnc(OC)c2)ncc1C(F)(F)F. The second-order valence-electron chi connectivity index (χ2n) is 6.43. The fourth-order valence-electron chi connectivity index (χ4n) is 2.57. The summed E-state index contributed by atoms with van der Waals surface area (Å²) in [5.74, 6) is -0.956. The Morgan fingerprint density at radius 2 is 1.94 bits per heavy atom. The van der Waals surface area contributed by atoms with Crippen molar-refractivity contribution in [3.8, 4) is 5.88 Å². The summed E-state index contributed by atoms with van der Waals surface area (Å²) in [5, 5.41) is 15.4. The minimum absolute atomic E-state index is 0.126. The maximum Gasteiger partial charge on any atom is 0.421 e. The van der Waals surface area contributed by atoms with Crippen LogP contribution in [0.1, 0.15) is 11.1 Å². The molecule has 3 N–H and O–H groups in total. The molecule has 2 aromatic heterocycles. The van der Waals surface area contributed by atoms with Gasteiger partial charge in [-0.2, -0.15) is 23.3 Å². The monoisotopic (exact) mass is 445 g/mol. The van der Waals surface area contributed by atoms with E-state index in [0.717, 1.165) is 11.6 Å². The van der Waals surface area contributed by atoms with E-state index in [4.69, 9.17) is 4.74 Å². The maximum absolute atomic E-state index is 13.6. The van der Waals surface area contributed by atoms with Crippen LogP contribution in [0.2, 0.25) is 0 Å². The van der Waals surface area contributed by atoms with Crippen molar-refractivity contribution in [1.29, 1.82) is 0 Å². The molecular formula is C20H18F3N7O2. The molecule has 3 rings (SSSR count). The normalized spacial score (nSPS) is 10.9. The van der Waals surface area contributed by atoms with Gasteiger partial charge >= 0.3 is 6.18 Å². The lowest BCUT2D eigenvalue weighted by molar-refractivity contribution is -0.137. The number of hydrogen-bond donors (Lipinski definition) is 3. The lowest BCUT2D eigenvalue weighted by Gasteiger charge is -2.17. The first-order chi connectivity index (χ1) is 15.2. The van der Waals surface area contributed by atoms with Crippen LogP contribution in [0.25, 0.3) is 0 Å². The first-order valence-electron chi connectivity index (χ1n) is 9.08. The second-order valence-corrected chi connectivity index (χ2v) is 6.43. The average Bonchev–Trinajstić information content (AvgIpc) is 2.75. The second kappa shape index (κ2) is 9.29. The van der Waals surface area contributed by atoms with Gasteiger partial charge in [0.15, 0.2) is 0 Å². The Kier molecular flexibility index (Phi) is 6.52. The van der Waals surface area contributed by atoms with Crippen molar-refractivity contribution < 1.29 is 22.7 Å². The van der Waals surface area contributed by atoms with Gasteiger partial charge in [-0.15, -0.1) is 5.10 Å². The third-order valence-corrected chi connectivity index (χ3v) is 4.06. The van der Waals surface area contributed by atoms with Gasteiger partial charge in [-0.1, -0.05) is 12.6 Å². The van der Waals surface area contributed by atoms with Crippen LogP contribution in [0, 0.1) is 6.92 Å². The van der Waals surface area contributed by atoms with E-state index in [1.165, 1.54) is 25.4 Å². The smallest absolute Gasteiger partial charge is 0.421 e. The molecule has 0 unspecified atom stereocenters. The minimum atomic E-state index is -4.72. The molecule has 0 aliphatic rings. The fraction of sp³-hybridized carbons (Fsp3) is 0.150. The first kappa shape index (κ1) is 22.5. The molecule has 0 aliphatic carbocycles. The number of alkyl halides is 3. The van der Waals surface area contributed by atoms with Crippen molar-refractivity contribution in [2.75, 3.05) is 23.1 Å². The molecular weight excluding hydrogens is 427 g/mol. The van der Waals surface area contributed by atoms with E-state index in [9.17, 15) is 18.0 Å². The van der Waals surface area contributed by atoms with Gasteiger partial charge in [-0.25, -0.2) is 4.98 Å². The molecule has 0 spiro atoms. The zero-order chi connectivity index (χ0) is 23.3. The number of aryl methyl sites for hydroxylation is 1. The van der Waals surface area contributed by atoms with Crippen LogP contribution >= 0.6 is 0 Å². The summed E-state index contributed by atoms with van der Waals surface area (Å²) < 4.78 is 45.7. The van der Waals surface area contributed by atoms with E-state index in [2.05, 4.69) is 42.7 Å². The highest BCUT2D eigenvalue weighted by Crippen LogP contribution is 2.36. The Morgan fingerprint density at radius 1 is 1.16 bits per heavy atom. The number of nitrogens with one attached hydrogen (secondary N) is 3. The van der Waals surface area contributed by atoms with E-state index in [1.54, 1.807) is 19.1 Å². The largest absolute Gasteiger partial charge is 0.480 e. The van der Waals surface area contributed by atoms with Gasteiger partial charge < -0.3 is 20.7 Å². The van der Waals surface area contributed by atoms with E-state index >= 15 is 0 Å². The maximum atomic E-state index is 13.6. The van der Waals surface area contributed by atoms with Gasteiger partial charge in [0.1, 0.15) is 11.4 Å². The molecule has 9 nitrogen and oxygen atoms in total. The van der Waals surface area contributed by atoms with Gasteiger partial charge in [0.25, 0.3) is 0 Å². The molecule has 0 bridgehead atoms. The zero-order valence-electron chi connectivity index (χ0n) is 17.0. The number of hydrogen-bond acceptors (Lipinski definition) is 8. The Balaban J connectivity index is 2.00. The summed E-state index contributed by atoms with van der Waals surface area (Å²) in [5.41, 5.74) is 0.523. The molecule has 0 radical (unpaired) electrons. The summed E-state index contributed by atoms with van der Waals surface area (Å²) >= 11 is 0. The molecule has 32 heavy (non-hydrogen) atoms. The summed E-state index contributed by atoms with van der Waals surface area (Å²) in [6.45, 7) is 5.15. The Hall–Kier alpha value is -4.22. The first-order valence-corrected chi connectivity index (χ1v) is 9.08. The standard InChI is InChI=1S/C20H18F3N7O2/c1-4-16(31)27-15-7-11(2)5-6-14(15)28-18-13(20(21,22)23)10-24-19(29-18)26-12-8-17(32-3)30-25-9-12/h4-10H,1H2,2-3H3,(H,27,31)(H2,24,26,28,29,30). The molecule has 2 heterocycles. The quantitative estimate of drug-likeness (QED) is 0.464. The Bertz CT molecular complexity index is 1150. The number of rotatable bonds is 7. The number of methoxy groups -OCH3 is 1. The zero-order valence-corrected chi connectivity index (χ0v) is 17.0. The van der Waals surface area contributed by atoms with Crippen molar-refractivity contribution in [3.63, 3.8) is 0 Å². The Labute approximate surface area is 180 Å². The van der Waals surface area contributed by atoms with Gasteiger partial charge in [-0.05, 0) is 30.7 Å². The molecule has 12 heteroatoms. The average molecular weight is 445 g/mol. The van der Waals surface area contributed by atoms with E-state index < -0.39 is 23.5 Å². The number of amides is 1. The van der Waals surface area contributed by atoms with Crippen LogP contribution < -0.4 is 20.7 Å². The molecule has 0 fully saturated rings. The topological polar surface area (TPSA) is 114 Å². The van der Waals surface area contributed by atoms with Gasteiger partial charge in [-0.3, -0.25) is 4.79 Å². The highest BCUT2D eigenvalue weighted by molar-refractivity contribution is 6.01. The molecule has 166 valence electrons. The Morgan fingerprint density at radius 3 is 2.62 bits per heavy atom. The number of nitrogens with zero attached hydrogens (tertiary/aromatic N) is 4. The van der Waals surface area contributed by atoms with Crippen molar-refractivity contribution in [2.24, 2.45) is 0 Å². The number of aromatic nitrogens is 4. The van der Waals surface area contributed by atoms with Crippen LogP contribution in [0.5, 0.6) is 5.88 Å². The number of halogens is 3. The van der Waals surface area contributed by atoms with E-state index in [-0.39, 0.29) is 23.2 Å². The van der Waals surface area contributed by atoms with Crippen molar-refractivity contribution in [2.45, 2.75) is 13.1 Å². The van der Waals surface area contributed by atoms with Crippen LogP contribution in [0.3, 0.4) is 0 Å². The highest BCUT2D eigenvalue weighted by atomic mass is 19.4. The molecule has 3 aromatic rings.